The summed E-state index contributed by atoms with van der Waals surface area (Å²) in [7, 11) is 0. The number of ether oxygens (including phenoxy) is 2. The number of nitrogens with zero attached hydrogens (tertiary/aromatic N) is 2. The molecule has 1 heterocycles. The van der Waals surface area contributed by atoms with Crippen LogP contribution in [0.15, 0.2) is 12.4 Å². The lowest BCUT2D eigenvalue weighted by Gasteiger charge is -2.27. The highest BCUT2D eigenvalue weighted by molar-refractivity contribution is 4.96. The lowest BCUT2D eigenvalue weighted by Crippen LogP contribution is -2.45. The molecule has 0 saturated carbocycles. The molecular formula is C14H27N3O2. The number of imidazole rings is 1. The number of rotatable bonds is 10. The molecule has 1 unspecified atom stereocenters. The first kappa shape index (κ1) is 16.1. The monoisotopic (exact) mass is 269 g/mol. The third-order valence-corrected chi connectivity index (χ3v) is 3.00. The van der Waals surface area contributed by atoms with Gasteiger partial charge in [0.15, 0.2) is 6.29 Å². The van der Waals surface area contributed by atoms with E-state index in [1.54, 1.807) is 0 Å². The Morgan fingerprint density at radius 3 is 2.42 bits per heavy atom. The van der Waals surface area contributed by atoms with Crippen molar-refractivity contribution in [1.82, 2.24) is 14.9 Å². The molecule has 110 valence electrons. The van der Waals surface area contributed by atoms with Crippen molar-refractivity contribution in [2.75, 3.05) is 19.8 Å². The second-order valence-electron chi connectivity index (χ2n) is 4.28. The van der Waals surface area contributed by atoms with E-state index in [-0.39, 0.29) is 12.3 Å². The summed E-state index contributed by atoms with van der Waals surface area (Å²) in [6, 6.07) is 0.123. The number of hydrogen-bond acceptors (Lipinski definition) is 4. The molecule has 1 aromatic rings. The minimum atomic E-state index is -0.225. The summed E-state index contributed by atoms with van der Waals surface area (Å²) in [5, 5.41) is 3.44. The molecule has 1 N–H and O–H groups in total. The van der Waals surface area contributed by atoms with Crippen molar-refractivity contribution in [1.29, 1.82) is 0 Å². The van der Waals surface area contributed by atoms with Gasteiger partial charge in [0.05, 0.1) is 6.04 Å². The van der Waals surface area contributed by atoms with Gasteiger partial charge in [0.2, 0.25) is 0 Å². The highest BCUT2D eigenvalue weighted by Crippen LogP contribution is 2.09. The molecule has 0 spiro atoms. The molecule has 5 nitrogen and oxygen atoms in total. The van der Waals surface area contributed by atoms with Crippen LogP contribution in [-0.4, -0.2) is 41.6 Å². The molecule has 0 aliphatic heterocycles. The molecule has 0 amide bonds. The highest BCUT2D eigenvalue weighted by atomic mass is 16.7. The van der Waals surface area contributed by atoms with E-state index < -0.39 is 0 Å². The van der Waals surface area contributed by atoms with E-state index in [4.69, 9.17) is 9.47 Å². The van der Waals surface area contributed by atoms with E-state index in [2.05, 4.69) is 28.7 Å². The van der Waals surface area contributed by atoms with Crippen LogP contribution in [0.3, 0.4) is 0 Å². The first-order valence-electron chi connectivity index (χ1n) is 7.23. The maximum absolute atomic E-state index is 5.70. The van der Waals surface area contributed by atoms with Crippen molar-refractivity contribution in [2.45, 2.75) is 53.0 Å². The molecule has 5 heteroatoms. The minimum absolute atomic E-state index is 0.123. The topological polar surface area (TPSA) is 48.3 Å². The molecule has 0 aromatic carbocycles. The van der Waals surface area contributed by atoms with E-state index in [1.165, 1.54) is 0 Å². The van der Waals surface area contributed by atoms with Crippen LogP contribution in [0.1, 0.15) is 33.5 Å². The van der Waals surface area contributed by atoms with Gasteiger partial charge >= 0.3 is 0 Å². The molecule has 0 fully saturated rings. The fourth-order valence-electron chi connectivity index (χ4n) is 2.15. The predicted molar refractivity (Wildman–Crippen MR) is 76.1 cm³/mol. The molecule has 1 aromatic heterocycles. The Labute approximate surface area is 116 Å². The van der Waals surface area contributed by atoms with Gasteiger partial charge in [-0.2, -0.15) is 0 Å². The summed E-state index contributed by atoms with van der Waals surface area (Å²) in [5.41, 5.74) is 0. The van der Waals surface area contributed by atoms with Gasteiger partial charge < -0.3 is 19.4 Å². The average molecular weight is 269 g/mol. The average Bonchev–Trinajstić information content (AvgIpc) is 2.85. The van der Waals surface area contributed by atoms with Gasteiger partial charge in [-0.1, -0.05) is 6.92 Å². The lowest BCUT2D eigenvalue weighted by molar-refractivity contribution is -0.153. The molecule has 1 rings (SSSR count). The minimum Gasteiger partial charge on any atom is -0.351 e. The van der Waals surface area contributed by atoms with E-state index >= 15 is 0 Å². The summed E-state index contributed by atoms with van der Waals surface area (Å²) in [4.78, 5) is 4.42. The fourth-order valence-corrected chi connectivity index (χ4v) is 2.15. The predicted octanol–water partition coefficient (Wildman–Crippen LogP) is 1.82. The van der Waals surface area contributed by atoms with Gasteiger partial charge in [-0.05, 0) is 27.3 Å². The third kappa shape index (κ3) is 4.93. The molecule has 0 radical (unpaired) electrons. The molecule has 1 atom stereocenters. The normalized spacial score (nSPS) is 13.1. The Hall–Kier alpha value is -0.910. The SMILES string of the molecule is CCNC(Cc1nccn1CC)C(OCC)OCC. The summed E-state index contributed by atoms with van der Waals surface area (Å²) in [5.74, 6) is 1.07. The van der Waals surface area contributed by atoms with Crippen LogP contribution in [0.2, 0.25) is 0 Å². The number of nitrogens with one attached hydrogen (secondary N) is 1. The van der Waals surface area contributed by atoms with E-state index in [1.807, 2.05) is 26.2 Å². The Bertz CT molecular complexity index is 335. The van der Waals surface area contributed by atoms with Crippen molar-refractivity contribution < 1.29 is 9.47 Å². The maximum atomic E-state index is 5.70. The summed E-state index contributed by atoms with van der Waals surface area (Å²) < 4.78 is 13.5. The largest absolute Gasteiger partial charge is 0.351 e. The van der Waals surface area contributed by atoms with Gasteiger partial charge in [-0.25, -0.2) is 4.98 Å². The van der Waals surface area contributed by atoms with E-state index in [9.17, 15) is 0 Å². The van der Waals surface area contributed by atoms with E-state index in [0.717, 1.165) is 25.3 Å². The van der Waals surface area contributed by atoms with Crippen LogP contribution < -0.4 is 5.32 Å². The van der Waals surface area contributed by atoms with Crippen LogP contribution in [0.4, 0.5) is 0 Å². The van der Waals surface area contributed by atoms with Gasteiger partial charge in [-0.15, -0.1) is 0 Å². The van der Waals surface area contributed by atoms with Crippen molar-refractivity contribution in [2.24, 2.45) is 0 Å². The van der Waals surface area contributed by atoms with Crippen LogP contribution >= 0.6 is 0 Å². The van der Waals surface area contributed by atoms with Crippen molar-refractivity contribution >= 4 is 0 Å². The van der Waals surface area contributed by atoms with Crippen LogP contribution in [0, 0.1) is 0 Å². The fraction of sp³-hybridized carbons (Fsp3) is 0.786. The zero-order valence-electron chi connectivity index (χ0n) is 12.6. The standard InChI is InChI=1S/C14H27N3O2/c1-5-15-12(14(18-7-3)19-8-4)11-13-16-9-10-17(13)6-2/h9-10,12,14-15H,5-8,11H2,1-4H3. The van der Waals surface area contributed by atoms with Crippen molar-refractivity contribution in [3.05, 3.63) is 18.2 Å². The summed E-state index contributed by atoms with van der Waals surface area (Å²) >= 11 is 0. The summed E-state index contributed by atoms with van der Waals surface area (Å²) in [6.07, 6.45) is 4.43. The van der Waals surface area contributed by atoms with Crippen LogP contribution in [0.25, 0.3) is 0 Å². The Morgan fingerprint density at radius 2 is 1.89 bits per heavy atom. The quantitative estimate of drug-likeness (QED) is 0.658. The zero-order valence-corrected chi connectivity index (χ0v) is 12.6. The molecule has 0 aliphatic rings. The number of hydrogen-bond donors (Lipinski definition) is 1. The Balaban J connectivity index is 2.74. The maximum Gasteiger partial charge on any atom is 0.173 e. The molecule has 0 saturated heterocycles. The van der Waals surface area contributed by atoms with E-state index in [0.29, 0.717) is 13.2 Å². The number of likely N-dealkylation sites (N-methyl/N-ethyl adjacent to an activating group) is 1. The van der Waals surface area contributed by atoms with Crippen molar-refractivity contribution in [3.63, 3.8) is 0 Å². The highest BCUT2D eigenvalue weighted by Gasteiger charge is 2.23. The number of aryl methyl sites for hydroxylation is 1. The smallest absolute Gasteiger partial charge is 0.173 e. The van der Waals surface area contributed by atoms with Crippen LogP contribution in [-0.2, 0) is 22.4 Å². The van der Waals surface area contributed by atoms with Gasteiger partial charge in [0.1, 0.15) is 5.82 Å². The molecule has 0 aliphatic carbocycles. The molecule has 0 bridgehead atoms. The second-order valence-corrected chi connectivity index (χ2v) is 4.28. The molecular weight excluding hydrogens is 242 g/mol. The van der Waals surface area contributed by atoms with Crippen LogP contribution in [0.5, 0.6) is 0 Å². The lowest BCUT2D eigenvalue weighted by atomic mass is 10.2. The first-order valence-corrected chi connectivity index (χ1v) is 7.23. The third-order valence-electron chi connectivity index (χ3n) is 3.00. The zero-order chi connectivity index (χ0) is 14.1. The number of aromatic nitrogens is 2. The van der Waals surface area contributed by atoms with Gasteiger partial charge in [0, 0.05) is 38.6 Å². The van der Waals surface area contributed by atoms with Gasteiger partial charge in [0.25, 0.3) is 0 Å². The van der Waals surface area contributed by atoms with Gasteiger partial charge in [-0.3, -0.25) is 0 Å². The Morgan fingerprint density at radius 1 is 1.21 bits per heavy atom. The first-order chi connectivity index (χ1) is 9.26. The van der Waals surface area contributed by atoms with Crippen molar-refractivity contribution in [3.8, 4) is 0 Å². The molecule has 19 heavy (non-hydrogen) atoms. The second kappa shape index (κ2) is 9.07. The summed E-state index contributed by atoms with van der Waals surface area (Å²) in [6.45, 7) is 11.3. The Kier molecular flexibility index (Phi) is 7.70.